The van der Waals surface area contributed by atoms with Gasteiger partial charge in [0.1, 0.15) is 6.54 Å². The first-order valence-electron chi connectivity index (χ1n) is 7.85. The number of likely N-dealkylation sites (tertiary alicyclic amines) is 2. The van der Waals surface area contributed by atoms with Gasteiger partial charge in [0.05, 0.1) is 6.04 Å². The molecule has 1 amide bonds. The SMILES string of the molecule is COCC1CCN(C2CCCCN(CC(=O)O)C2=O)CC1. The third-order valence-electron chi connectivity index (χ3n) is 4.57. The lowest BCUT2D eigenvalue weighted by molar-refractivity contribution is -0.146. The number of ether oxygens (including phenoxy) is 1. The lowest BCUT2D eigenvalue weighted by Crippen LogP contribution is -2.51. The third-order valence-corrected chi connectivity index (χ3v) is 4.57. The van der Waals surface area contributed by atoms with Crippen LogP contribution in [0.5, 0.6) is 0 Å². The fourth-order valence-corrected chi connectivity index (χ4v) is 3.41. The Balaban J connectivity index is 1.94. The number of carbonyl (C=O) groups excluding carboxylic acids is 1. The Bertz CT molecular complexity index is 367. The summed E-state index contributed by atoms with van der Waals surface area (Å²) < 4.78 is 5.21. The summed E-state index contributed by atoms with van der Waals surface area (Å²) in [4.78, 5) is 27.2. The molecular weight excluding hydrogens is 272 g/mol. The summed E-state index contributed by atoms with van der Waals surface area (Å²) in [6.45, 7) is 3.01. The maximum Gasteiger partial charge on any atom is 0.323 e. The van der Waals surface area contributed by atoms with E-state index in [2.05, 4.69) is 4.90 Å². The van der Waals surface area contributed by atoms with Crippen molar-refractivity contribution in [3.05, 3.63) is 0 Å². The molecule has 2 rings (SSSR count). The molecule has 0 aromatic heterocycles. The van der Waals surface area contributed by atoms with Crippen LogP contribution in [-0.4, -0.2) is 72.7 Å². The molecule has 0 saturated carbocycles. The zero-order valence-electron chi connectivity index (χ0n) is 12.8. The summed E-state index contributed by atoms with van der Waals surface area (Å²) in [5.74, 6) is -0.342. The number of methoxy groups -OCH3 is 1. The second-order valence-electron chi connectivity index (χ2n) is 6.10. The summed E-state index contributed by atoms with van der Waals surface area (Å²) in [6, 6.07) is -0.129. The summed E-state index contributed by atoms with van der Waals surface area (Å²) in [5.41, 5.74) is 0. The average molecular weight is 298 g/mol. The Labute approximate surface area is 126 Å². The maximum atomic E-state index is 12.6. The van der Waals surface area contributed by atoms with Crippen molar-refractivity contribution in [2.24, 2.45) is 5.92 Å². The standard InChI is InChI=1S/C15H26N2O4/c1-21-11-12-5-8-16(9-6-12)13-4-2-3-7-17(15(13)20)10-14(18)19/h12-13H,2-11H2,1H3,(H,18,19). The zero-order chi connectivity index (χ0) is 15.2. The van der Waals surface area contributed by atoms with E-state index in [1.807, 2.05) is 0 Å². The smallest absolute Gasteiger partial charge is 0.323 e. The van der Waals surface area contributed by atoms with Gasteiger partial charge in [0.25, 0.3) is 0 Å². The molecule has 120 valence electrons. The fourth-order valence-electron chi connectivity index (χ4n) is 3.41. The van der Waals surface area contributed by atoms with Gasteiger partial charge < -0.3 is 14.7 Å². The molecule has 0 radical (unpaired) electrons. The molecule has 2 aliphatic rings. The van der Waals surface area contributed by atoms with E-state index in [-0.39, 0.29) is 18.5 Å². The van der Waals surface area contributed by atoms with E-state index in [0.29, 0.717) is 12.5 Å². The first kappa shape index (κ1) is 16.2. The predicted octanol–water partition coefficient (Wildman–Crippen LogP) is 0.810. The van der Waals surface area contributed by atoms with Gasteiger partial charge in [0, 0.05) is 20.3 Å². The van der Waals surface area contributed by atoms with Gasteiger partial charge in [-0.3, -0.25) is 14.5 Å². The Morgan fingerprint density at radius 1 is 1.24 bits per heavy atom. The van der Waals surface area contributed by atoms with Crippen LogP contribution in [0.1, 0.15) is 32.1 Å². The van der Waals surface area contributed by atoms with Crippen LogP contribution in [0.3, 0.4) is 0 Å². The van der Waals surface area contributed by atoms with Crippen molar-refractivity contribution in [3.63, 3.8) is 0 Å². The van der Waals surface area contributed by atoms with Crippen LogP contribution in [0.25, 0.3) is 0 Å². The molecule has 2 fully saturated rings. The molecule has 0 spiro atoms. The van der Waals surface area contributed by atoms with Crippen molar-refractivity contribution in [1.29, 1.82) is 0 Å². The van der Waals surface area contributed by atoms with Crippen LogP contribution in [0.4, 0.5) is 0 Å². The minimum atomic E-state index is -0.928. The van der Waals surface area contributed by atoms with Gasteiger partial charge in [-0.15, -0.1) is 0 Å². The number of hydrogen-bond acceptors (Lipinski definition) is 4. The van der Waals surface area contributed by atoms with Gasteiger partial charge >= 0.3 is 5.97 Å². The number of nitrogens with zero attached hydrogens (tertiary/aromatic N) is 2. The van der Waals surface area contributed by atoms with E-state index in [1.54, 1.807) is 7.11 Å². The topological polar surface area (TPSA) is 70.1 Å². The lowest BCUT2D eigenvalue weighted by atomic mass is 9.95. The molecule has 0 aromatic carbocycles. The van der Waals surface area contributed by atoms with E-state index in [9.17, 15) is 9.59 Å². The van der Waals surface area contributed by atoms with Crippen LogP contribution in [0, 0.1) is 5.92 Å². The minimum Gasteiger partial charge on any atom is -0.480 e. The second-order valence-corrected chi connectivity index (χ2v) is 6.10. The van der Waals surface area contributed by atoms with E-state index >= 15 is 0 Å². The summed E-state index contributed by atoms with van der Waals surface area (Å²) >= 11 is 0. The Hall–Kier alpha value is -1.14. The predicted molar refractivity (Wildman–Crippen MR) is 78.0 cm³/mol. The fraction of sp³-hybridized carbons (Fsp3) is 0.867. The molecular formula is C15H26N2O4. The largest absolute Gasteiger partial charge is 0.480 e. The average Bonchev–Trinajstić information content (AvgIpc) is 2.63. The van der Waals surface area contributed by atoms with E-state index in [0.717, 1.165) is 51.8 Å². The number of carboxylic acid groups (broad SMARTS) is 1. The van der Waals surface area contributed by atoms with Crippen molar-refractivity contribution in [2.45, 2.75) is 38.1 Å². The van der Waals surface area contributed by atoms with Crippen molar-refractivity contribution in [3.8, 4) is 0 Å². The van der Waals surface area contributed by atoms with Crippen molar-refractivity contribution < 1.29 is 19.4 Å². The Morgan fingerprint density at radius 3 is 2.57 bits per heavy atom. The van der Waals surface area contributed by atoms with Gasteiger partial charge in [-0.05, 0) is 51.1 Å². The molecule has 6 heteroatoms. The second kappa shape index (κ2) is 7.75. The third kappa shape index (κ3) is 4.41. The van der Waals surface area contributed by atoms with Gasteiger partial charge in [-0.2, -0.15) is 0 Å². The molecule has 0 aliphatic carbocycles. The van der Waals surface area contributed by atoms with E-state index in [1.165, 1.54) is 4.90 Å². The number of amides is 1. The lowest BCUT2D eigenvalue weighted by Gasteiger charge is -2.37. The molecule has 1 N–H and O–H groups in total. The van der Waals surface area contributed by atoms with Crippen LogP contribution < -0.4 is 0 Å². The monoisotopic (exact) mass is 298 g/mol. The molecule has 6 nitrogen and oxygen atoms in total. The van der Waals surface area contributed by atoms with Crippen LogP contribution in [0.15, 0.2) is 0 Å². The highest BCUT2D eigenvalue weighted by Crippen LogP contribution is 2.24. The minimum absolute atomic E-state index is 0.0000847. The number of piperidine rings is 1. The number of rotatable bonds is 5. The highest BCUT2D eigenvalue weighted by Gasteiger charge is 2.34. The van der Waals surface area contributed by atoms with Crippen molar-refractivity contribution >= 4 is 11.9 Å². The highest BCUT2D eigenvalue weighted by atomic mass is 16.5. The molecule has 1 unspecified atom stereocenters. The Morgan fingerprint density at radius 2 is 1.95 bits per heavy atom. The number of aliphatic carboxylic acids is 1. The maximum absolute atomic E-state index is 12.6. The number of carboxylic acids is 1. The quantitative estimate of drug-likeness (QED) is 0.813. The van der Waals surface area contributed by atoms with Crippen LogP contribution >= 0.6 is 0 Å². The van der Waals surface area contributed by atoms with Crippen LogP contribution in [-0.2, 0) is 14.3 Å². The van der Waals surface area contributed by atoms with E-state index < -0.39 is 5.97 Å². The van der Waals surface area contributed by atoms with Crippen molar-refractivity contribution in [2.75, 3.05) is 39.9 Å². The molecule has 21 heavy (non-hydrogen) atoms. The van der Waals surface area contributed by atoms with Gasteiger partial charge in [0.15, 0.2) is 0 Å². The molecule has 2 saturated heterocycles. The molecule has 2 aliphatic heterocycles. The first-order valence-corrected chi connectivity index (χ1v) is 7.85. The Kier molecular flexibility index (Phi) is 5.99. The molecule has 0 bridgehead atoms. The molecule has 1 atom stereocenters. The zero-order valence-corrected chi connectivity index (χ0v) is 12.8. The number of carbonyl (C=O) groups is 2. The van der Waals surface area contributed by atoms with Gasteiger partial charge in [0.2, 0.25) is 5.91 Å². The first-order chi connectivity index (χ1) is 10.1. The molecule has 2 heterocycles. The van der Waals surface area contributed by atoms with Gasteiger partial charge in [-0.25, -0.2) is 0 Å². The van der Waals surface area contributed by atoms with Crippen LogP contribution in [0.2, 0.25) is 0 Å². The normalized spacial score (nSPS) is 25.9. The van der Waals surface area contributed by atoms with E-state index in [4.69, 9.17) is 9.84 Å². The summed E-state index contributed by atoms with van der Waals surface area (Å²) in [7, 11) is 1.73. The van der Waals surface area contributed by atoms with Crippen molar-refractivity contribution in [1.82, 2.24) is 9.80 Å². The number of hydrogen-bond donors (Lipinski definition) is 1. The summed E-state index contributed by atoms with van der Waals surface area (Å²) in [6.07, 6.45) is 4.84. The highest BCUT2D eigenvalue weighted by molar-refractivity contribution is 5.85. The van der Waals surface area contributed by atoms with Gasteiger partial charge in [-0.1, -0.05) is 0 Å². The molecule has 0 aromatic rings. The summed E-state index contributed by atoms with van der Waals surface area (Å²) in [5, 5.41) is 8.94.